The van der Waals surface area contributed by atoms with Crippen molar-refractivity contribution in [3.8, 4) is 0 Å². The molecule has 0 spiro atoms. The highest BCUT2D eigenvalue weighted by Crippen LogP contribution is 2.25. The van der Waals surface area contributed by atoms with E-state index in [0.29, 0.717) is 12.2 Å². The molecule has 1 aliphatic heterocycles. The second-order valence-corrected chi connectivity index (χ2v) is 6.78. The van der Waals surface area contributed by atoms with E-state index in [4.69, 9.17) is 0 Å². The Labute approximate surface area is 155 Å². The van der Waals surface area contributed by atoms with E-state index in [1.54, 1.807) is 12.1 Å². The molecule has 0 aliphatic carbocycles. The van der Waals surface area contributed by atoms with Gasteiger partial charge in [-0.05, 0) is 42.8 Å². The maximum absolute atomic E-state index is 13.4. The van der Waals surface area contributed by atoms with Crippen LogP contribution in [0.15, 0.2) is 42.5 Å². The number of rotatable bonds is 4. The highest BCUT2D eigenvalue weighted by atomic mass is 19.1. The van der Waals surface area contributed by atoms with E-state index in [9.17, 15) is 14.0 Å². The van der Waals surface area contributed by atoms with E-state index in [0.717, 1.165) is 22.4 Å². The summed E-state index contributed by atoms with van der Waals surface area (Å²) >= 11 is 0. The first-order valence-electron chi connectivity index (χ1n) is 8.78. The number of nitrogens with zero attached hydrogens (tertiary/aromatic N) is 2. The fourth-order valence-corrected chi connectivity index (χ4v) is 3.40. The summed E-state index contributed by atoms with van der Waals surface area (Å²) < 4.78 is 13.4. The van der Waals surface area contributed by atoms with Gasteiger partial charge < -0.3 is 15.2 Å². The van der Waals surface area contributed by atoms with Gasteiger partial charge in [-0.15, -0.1) is 0 Å². The molecule has 2 aromatic carbocycles. The zero-order chi connectivity index (χ0) is 19.0. The SMILES string of the molecule is Cc1nc2ccc(CNC(=O)[C@H]3CC(=O)N(c4cccc(F)c4)C3)cc2[nH]1. The molecular weight excluding hydrogens is 347 g/mol. The highest BCUT2D eigenvalue weighted by Gasteiger charge is 2.35. The van der Waals surface area contributed by atoms with Gasteiger partial charge in [-0.3, -0.25) is 9.59 Å². The Morgan fingerprint density at radius 1 is 1.33 bits per heavy atom. The Bertz CT molecular complexity index is 1030. The zero-order valence-electron chi connectivity index (χ0n) is 14.8. The van der Waals surface area contributed by atoms with Crippen LogP contribution in [0.1, 0.15) is 17.8 Å². The van der Waals surface area contributed by atoms with Crippen molar-refractivity contribution < 1.29 is 14.0 Å². The van der Waals surface area contributed by atoms with Gasteiger partial charge in [-0.2, -0.15) is 0 Å². The third-order valence-electron chi connectivity index (χ3n) is 4.75. The minimum absolute atomic E-state index is 0.126. The van der Waals surface area contributed by atoms with Crippen molar-refractivity contribution >= 4 is 28.5 Å². The number of H-pyrrole nitrogens is 1. The van der Waals surface area contributed by atoms with Crippen molar-refractivity contribution in [1.29, 1.82) is 0 Å². The van der Waals surface area contributed by atoms with E-state index in [-0.39, 0.29) is 24.8 Å². The van der Waals surface area contributed by atoms with Crippen molar-refractivity contribution in [2.24, 2.45) is 5.92 Å². The second kappa shape index (κ2) is 6.83. The lowest BCUT2D eigenvalue weighted by Crippen LogP contribution is -2.32. The lowest BCUT2D eigenvalue weighted by Gasteiger charge is -2.16. The predicted molar refractivity (Wildman–Crippen MR) is 99.5 cm³/mol. The molecule has 27 heavy (non-hydrogen) atoms. The van der Waals surface area contributed by atoms with E-state index >= 15 is 0 Å². The average molecular weight is 366 g/mol. The lowest BCUT2D eigenvalue weighted by atomic mass is 10.1. The molecule has 1 fully saturated rings. The Morgan fingerprint density at radius 3 is 3.00 bits per heavy atom. The van der Waals surface area contributed by atoms with E-state index in [1.807, 2.05) is 25.1 Å². The van der Waals surface area contributed by atoms with Crippen LogP contribution >= 0.6 is 0 Å². The van der Waals surface area contributed by atoms with Crippen LogP contribution in [0.4, 0.5) is 10.1 Å². The number of hydrogen-bond donors (Lipinski definition) is 2. The smallest absolute Gasteiger partial charge is 0.227 e. The molecule has 1 aromatic heterocycles. The largest absolute Gasteiger partial charge is 0.352 e. The topological polar surface area (TPSA) is 78.1 Å². The summed E-state index contributed by atoms with van der Waals surface area (Å²) in [4.78, 5) is 33.7. The van der Waals surface area contributed by atoms with Crippen LogP contribution in [0.3, 0.4) is 0 Å². The van der Waals surface area contributed by atoms with Crippen LogP contribution in [0.2, 0.25) is 0 Å². The number of benzene rings is 2. The number of imidazole rings is 1. The molecule has 0 saturated carbocycles. The van der Waals surface area contributed by atoms with Crippen LogP contribution in [0.25, 0.3) is 11.0 Å². The molecule has 0 bridgehead atoms. The Morgan fingerprint density at radius 2 is 2.19 bits per heavy atom. The number of aromatic nitrogens is 2. The van der Waals surface area contributed by atoms with Gasteiger partial charge in [0.1, 0.15) is 11.6 Å². The van der Waals surface area contributed by atoms with Crippen LogP contribution < -0.4 is 10.2 Å². The first kappa shape index (κ1) is 17.2. The molecule has 3 aromatic rings. The summed E-state index contributed by atoms with van der Waals surface area (Å²) in [6, 6.07) is 11.6. The third-order valence-corrected chi connectivity index (χ3v) is 4.75. The Balaban J connectivity index is 1.40. The van der Waals surface area contributed by atoms with Crippen LogP contribution in [0.5, 0.6) is 0 Å². The van der Waals surface area contributed by atoms with Crippen molar-refractivity contribution in [3.05, 3.63) is 59.7 Å². The molecule has 6 nitrogen and oxygen atoms in total. The van der Waals surface area contributed by atoms with Gasteiger partial charge >= 0.3 is 0 Å². The quantitative estimate of drug-likeness (QED) is 0.745. The number of fused-ring (bicyclic) bond motifs is 1. The summed E-state index contributed by atoms with van der Waals surface area (Å²) in [5.41, 5.74) is 3.24. The number of carbonyl (C=O) groups is 2. The van der Waals surface area contributed by atoms with E-state index in [1.165, 1.54) is 17.0 Å². The van der Waals surface area contributed by atoms with E-state index in [2.05, 4.69) is 15.3 Å². The van der Waals surface area contributed by atoms with Crippen molar-refractivity contribution in [3.63, 3.8) is 0 Å². The van der Waals surface area contributed by atoms with Gasteiger partial charge in [0.2, 0.25) is 11.8 Å². The monoisotopic (exact) mass is 366 g/mol. The number of nitrogens with one attached hydrogen (secondary N) is 2. The average Bonchev–Trinajstić information content (AvgIpc) is 3.21. The first-order chi connectivity index (χ1) is 13.0. The predicted octanol–water partition coefficient (Wildman–Crippen LogP) is 2.68. The second-order valence-electron chi connectivity index (χ2n) is 6.78. The number of halogens is 1. The number of aromatic amines is 1. The molecule has 4 rings (SSSR count). The molecule has 1 aliphatic rings. The van der Waals surface area contributed by atoms with Crippen LogP contribution in [-0.2, 0) is 16.1 Å². The molecule has 2 amide bonds. The number of anilines is 1. The number of carbonyl (C=O) groups excluding carboxylic acids is 2. The van der Waals surface area contributed by atoms with Gasteiger partial charge in [0, 0.05) is 25.2 Å². The van der Waals surface area contributed by atoms with Crippen molar-refractivity contribution in [2.75, 3.05) is 11.4 Å². The number of hydrogen-bond acceptors (Lipinski definition) is 3. The Kier molecular flexibility index (Phi) is 4.35. The fraction of sp³-hybridized carbons (Fsp3) is 0.250. The molecule has 2 N–H and O–H groups in total. The number of amides is 2. The van der Waals surface area contributed by atoms with Crippen LogP contribution in [-0.4, -0.2) is 28.3 Å². The molecular formula is C20H19FN4O2. The normalized spacial score (nSPS) is 16.9. The Hall–Kier alpha value is -3.22. The van der Waals surface area contributed by atoms with Gasteiger partial charge in [0.05, 0.1) is 17.0 Å². The first-order valence-corrected chi connectivity index (χ1v) is 8.78. The molecule has 0 radical (unpaired) electrons. The summed E-state index contributed by atoms with van der Waals surface area (Å²) in [7, 11) is 0. The molecule has 7 heteroatoms. The minimum atomic E-state index is -0.445. The highest BCUT2D eigenvalue weighted by molar-refractivity contribution is 6.00. The molecule has 0 unspecified atom stereocenters. The third kappa shape index (κ3) is 3.53. The van der Waals surface area contributed by atoms with Gasteiger partial charge in [0.25, 0.3) is 0 Å². The van der Waals surface area contributed by atoms with E-state index < -0.39 is 11.7 Å². The molecule has 2 heterocycles. The zero-order valence-corrected chi connectivity index (χ0v) is 14.8. The maximum atomic E-state index is 13.4. The molecule has 1 saturated heterocycles. The van der Waals surface area contributed by atoms with Crippen molar-refractivity contribution in [1.82, 2.24) is 15.3 Å². The van der Waals surface area contributed by atoms with Gasteiger partial charge in [-0.1, -0.05) is 12.1 Å². The van der Waals surface area contributed by atoms with Crippen molar-refractivity contribution in [2.45, 2.75) is 19.9 Å². The van der Waals surface area contributed by atoms with Gasteiger partial charge in [0.15, 0.2) is 0 Å². The summed E-state index contributed by atoms with van der Waals surface area (Å²) in [6.45, 7) is 2.52. The van der Waals surface area contributed by atoms with Crippen LogP contribution in [0, 0.1) is 18.7 Å². The summed E-state index contributed by atoms with van der Waals surface area (Å²) in [6.07, 6.45) is 0.126. The summed E-state index contributed by atoms with van der Waals surface area (Å²) in [5.74, 6) is -0.358. The molecule has 1 atom stereocenters. The standard InChI is InChI=1S/C20H19FN4O2/c1-12-23-17-6-5-13(7-18(17)24-12)10-22-20(27)14-8-19(26)25(11-14)16-4-2-3-15(21)9-16/h2-7,9,14H,8,10-11H2,1H3,(H,22,27)(H,23,24)/t14-/m0/s1. The lowest BCUT2D eigenvalue weighted by molar-refractivity contribution is -0.126. The maximum Gasteiger partial charge on any atom is 0.227 e. The minimum Gasteiger partial charge on any atom is -0.352 e. The summed E-state index contributed by atoms with van der Waals surface area (Å²) in [5, 5.41) is 2.89. The fourth-order valence-electron chi connectivity index (χ4n) is 3.40. The molecule has 138 valence electrons. The number of aryl methyl sites for hydroxylation is 1. The van der Waals surface area contributed by atoms with Gasteiger partial charge in [-0.25, -0.2) is 9.37 Å².